The topological polar surface area (TPSA) is 64.6 Å². The van der Waals surface area contributed by atoms with Crippen LogP contribution in [-0.4, -0.2) is 25.1 Å². The predicted octanol–water partition coefficient (Wildman–Crippen LogP) is 3.90. The molecular formula is C19H21NO4. The number of amides is 1. The summed E-state index contributed by atoms with van der Waals surface area (Å²) < 4.78 is 10.5. The van der Waals surface area contributed by atoms with Gasteiger partial charge in [0, 0.05) is 5.69 Å². The molecule has 0 saturated carbocycles. The molecule has 0 spiro atoms. The number of rotatable bonds is 7. The van der Waals surface area contributed by atoms with Crippen LogP contribution in [0.4, 0.5) is 5.69 Å². The van der Waals surface area contributed by atoms with Crippen LogP contribution in [0, 0.1) is 0 Å². The molecule has 2 aromatic carbocycles. The highest BCUT2D eigenvalue weighted by Gasteiger charge is 2.13. The quantitative estimate of drug-likeness (QED) is 0.783. The van der Waals surface area contributed by atoms with Gasteiger partial charge in [0.25, 0.3) is 5.91 Å². The average Bonchev–Trinajstić information content (AvgIpc) is 2.61. The molecule has 0 atom stereocenters. The first-order valence-electron chi connectivity index (χ1n) is 7.96. The molecule has 1 N–H and O–H groups in total. The first kappa shape index (κ1) is 17.5. The van der Waals surface area contributed by atoms with Gasteiger partial charge in [-0.15, -0.1) is 0 Å². The van der Waals surface area contributed by atoms with E-state index in [1.54, 1.807) is 49.4 Å². The van der Waals surface area contributed by atoms with Gasteiger partial charge in [0.15, 0.2) is 0 Å². The number of hydrogen-bond acceptors (Lipinski definition) is 4. The van der Waals surface area contributed by atoms with Crippen LogP contribution >= 0.6 is 0 Å². The van der Waals surface area contributed by atoms with Crippen LogP contribution in [0.15, 0.2) is 48.5 Å². The zero-order chi connectivity index (χ0) is 17.4. The third kappa shape index (κ3) is 4.59. The van der Waals surface area contributed by atoms with Crippen LogP contribution in [0.3, 0.4) is 0 Å². The third-order valence-electron chi connectivity index (χ3n) is 3.25. The molecule has 2 aromatic rings. The van der Waals surface area contributed by atoms with Crippen molar-refractivity contribution in [2.24, 2.45) is 0 Å². The first-order chi connectivity index (χ1) is 11.7. The number of para-hydroxylation sites is 1. The van der Waals surface area contributed by atoms with E-state index in [4.69, 9.17) is 9.47 Å². The van der Waals surface area contributed by atoms with Crippen molar-refractivity contribution in [1.29, 1.82) is 0 Å². The smallest absolute Gasteiger partial charge is 0.338 e. The maximum Gasteiger partial charge on any atom is 0.338 e. The summed E-state index contributed by atoms with van der Waals surface area (Å²) in [6, 6.07) is 13.7. The van der Waals surface area contributed by atoms with Gasteiger partial charge in [0.05, 0.1) is 24.3 Å². The maximum atomic E-state index is 12.4. The summed E-state index contributed by atoms with van der Waals surface area (Å²) in [6.45, 7) is 4.64. The molecular weight excluding hydrogens is 306 g/mol. The van der Waals surface area contributed by atoms with E-state index in [1.165, 1.54) is 0 Å². The molecule has 5 heteroatoms. The highest BCUT2D eigenvalue weighted by molar-refractivity contribution is 6.06. The zero-order valence-corrected chi connectivity index (χ0v) is 13.9. The van der Waals surface area contributed by atoms with E-state index in [1.807, 2.05) is 13.0 Å². The zero-order valence-electron chi connectivity index (χ0n) is 13.9. The Bertz CT molecular complexity index is 695. The number of hydrogen-bond donors (Lipinski definition) is 1. The van der Waals surface area contributed by atoms with Gasteiger partial charge in [-0.2, -0.15) is 0 Å². The van der Waals surface area contributed by atoms with Crippen molar-refractivity contribution in [2.75, 3.05) is 18.5 Å². The summed E-state index contributed by atoms with van der Waals surface area (Å²) in [5, 5.41) is 2.80. The van der Waals surface area contributed by atoms with Gasteiger partial charge in [-0.3, -0.25) is 4.79 Å². The van der Waals surface area contributed by atoms with Gasteiger partial charge < -0.3 is 14.8 Å². The molecule has 0 bridgehead atoms. The molecule has 5 nitrogen and oxygen atoms in total. The summed E-state index contributed by atoms with van der Waals surface area (Å²) in [5.74, 6) is -0.0840. The lowest BCUT2D eigenvalue weighted by atomic mass is 10.1. The number of carbonyl (C=O) groups is 2. The average molecular weight is 327 g/mol. The number of anilines is 1. The Balaban J connectivity index is 2.08. The molecule has 24 heavy (non-hydrogen) atoms. The van der Waals surface area contributed by atoms with Crippen molar-refractivity contribution in [3.63, 3.8) is 0 Å². The Kier molecular flexibility index (Phi) is 6.37. The Morgan fingerprint density at radius 3 is 2.38 bits per heavy atom. The van der Waals surface area contributed by atoms with Crippen LogP contribution in [0.5, 0.6) is 5.75 Å². The van der Waals surface area contributed by atoms with E-state index in [9.17, 15) is 9.59 Å². The highest BCUT2D eigenvalue weighted by atomic mass is 16.5. The second-order valence-electron chi connectivity index (χ2n) is 5.10. The van der Waals surface area contributed by atoms with Crippen molar-refractivity contribution in [3.8, 4) is 5.75 Å². The SMILES string of the molecule is CCCOc1ccccc1C(=O)Nc1ccc(C(=O)OCC)cc1. The fourth-order valence-electron chi connectivity index (χ4n) is 2.09. The van der Waals surface area contributed by atoms with E-state index in [0.717, 1.165) is 6.42 Å². The Morgan fingerprint density at radius 1 is 1.00 bits per heavy atom. The fourth-order valence-corrected chi connectivity index (χ4v) is 2.09. The normalized spacial score (nSPS) is 10.1. The minimum absolute atomic E-state index is 0.259. The number of carbonyl (C=O) groups excluding carboxylic acids is 2. The fraction of sp³-hybridized carbons (Fsp3) is 0.263. The van der Waals surface area contributed by atoms with E-state index in [-0.39, 0.29) is 11.9 Å². The van der Waals surface area contributed by atoms with Crippen molar-refractivity contribution < 1.29 is 19.1 Å². The molecule has 0 aromatic heterocycles. The molecule has 0 saturated heterocycles. The number of benzene rings is 2. The molecule has 1 amide bonds. The van der Waals surface area contributed by atoms with E-state index < -0.39 is 0 Å². The Labute approximate surface area is 141 Å². The molecule has 0 radical (unpaired) electrons. The van der Waals surface area contributed by atoms with Gasteiger partial charge in [0.1, 0.15) is 5.75 Å². The van der Waals surface area contributed by atoms with Gasteiger partial charge in [-0.1, -0.05) is 19.1 Å². The second-order valence-corrected chi connectivity index (χ2v) is 5.10. The van der Waals surface area contributed by atoms with Gasteiger partial charge in [0.2, 0.25) is 0 Å². The van der Waals surface area contributed by atoms with Crippen molar-refractivity contribution in [2.45, 2.75) is 20.3 Å². The molecule has 0 fully saturated rings. The van der Waals surface area contributed by atoms with Crippen LogP contribution in [-0.2, 0) is 4.74 Å². The highest BCUT2D eigenvalue weighted by Crippen LogP contribution is 2.20. The van der Waals surface area contributed by atoms with Crippen molar-refractivity contribution in [1.82, 2.24) is 0 Å². The Hall–Kier alpha value is -2.82. The molecule has 0 aliphatic rings. The lowest BCUT2D eigenvalue weighted by Crippen LogP contribution is -2.14. The van der Waals surface area contributed by atoms with Crippen LogP contribution in [0.1, 0.15) is 41.0 Å². The van der Waals surface area contributed by atoms with Gasteiger partial charge in [-0.05, 0) is 49.7 Å². The summed E-state index contributed by atoms with van der Waals surface area (Å²) >= 11 is 0. The maximum absolute atomic E-state index is 12.4. The summed E-state index contributed by atoms with van der Waals surface area (Å²) in [4.78, 5) is 24.1. The summed E-state index contributed by atoms with van der Waals surface area (Å²) in [7, 11) is 0. The van der Waals surface area contributed by atoms with Crippen LogP contribution < -0.4 is 10.1 Å². The Morgan fingerprint density at radius 2 is 1.71 bits per heavy atom. The number of ether oxygens (including phenoxy) is 2. The third-order valence-corrected chi connectivity index (χ3v) is 3.25. The van der Waals surface area contributed by atoms with Gasteiger partial charge >= 0.3 is 5.97 Å². The largest absolute Gasteiger partial charge is 0.493 e. The van der Waals surface area contributed by atoms with Crippen LogP contribution in [0.25, 0.3) is 0 Å². The molecule has 2 rings (SSSR count). The van der Waals surface area contributed by atoms with E-state index in [0.29, 0.717) is 35.8 Å². The molecule has 0 unspecified atom stereocenters. The predicted molar refractivity (Wildman–Crippen MR) is 92.6 cm³/mol. The number of esters is 1. The minimum Gasteiger partial charge on any atom is -0.493 e. The molecule has 126 valence electrons. The van der Waals surface area contributed by atoms with E-state index in [2.05, 4.69) is 5.32 Å². The van der Waals surface area contributed by atoms with Crippen molar-refractivity contribution in [3.05, 3.63) is 59.7 Å². The summed E-state index contributed by atoms with van der Waals surface area (Å²) in [5.41, 5.74) is 1.51. The minimum atomic E-state index is -0.381. The summed E-state index contributed by atoms with van der Waals surface area (Å²) in [6.07, 6.45) is 0.866. The molecule has 0 aliphatic heterocycles. The molecule has 0 heterocycles. The lowest BCUT2D eigenvalue weighted by Gasteiger charge is -2.11. The first-order valence-corrected chi connectivity index (χ1v) is 7.96. The molecule has 0 aliphatic carbocycles. The lowest BCUT2D eigenvalue weighted by molar-refractivity contribution is 0.0526. The van der Waals surface area contributed by atoms with E-state index >= 15 is 0 Å². The standard InChI is InChI=1S/C19H21NO4/c1-3-13-24-17-8-6-5-7-16(17)18(21)20-15-11-9-14(10-12-15)19(22)23-4-2/h5-12H,3-4,13H2,1-2H3,(H,20,21). The van der Waals surface area contributed by atoms with Gasteiger partial charge in [-0.25, -0.2) is 4.79 Å². The number of nitrogens with one attached hydrogen (secondary N) is 1. The van der Waals surface area contributed by atoms with Crippen LogP contribution in [0.2, 0.25) is 0 Å². The monoisotopic (exact) mass is 327 g/mol. The van der Waals surface area contributed by atoms with Crippen molar-refractivity contribution >= 4 is 17.6 Å². The second kappa shape index (κ2) is 8.72.